The SMILES string of the molecule is CCCOc1cc(F)c(-c2ccc(C#Cc3ccc4c(F)c(F)c(F)cc4c3)cc2)c(F)c1. The van der Waals surface area contributed by atoms with E-state index in [9.17, 15) is 22.0 Å². The van der Waals surface area contributed by atoms with Crippen molar-refractivity contribution in [3.63, 3.8) is 0 Å². The normalized spacial score (nSPS) is 10.7. The lowest BCUT2D eigenvalue weighted by Gasteiger charge is -2.09. The molecule has 0 aliphatic heterocycles. The molecule has 0 N–H and O–H groups in total. The van der Waals surface area contributed by atoms with Gasteiger partial charge in [0.2, 0.25) is 0 Å². The molecule has 4 aromatic rings. The van der Waals surface area contributed by atoms with Crippen LogP contribution in [0.5, 0.6) is 5.75 Å². The molecule has 6 heteroatoms. The van der Waals surface area contributed by atoms with Gasteiger partial charge in [-0.15, -0.1) is 0 Å². The molecule has 166 valence electrons. The first-order valence-corrected chi connectivity index (χ1v) is 10.2. The summed E-state index contributed by atoms with van der Waals surface area (Å²) in [5.41, 5.74) is 1.22. The van der Waals surface area contributed by atoms with E-state index in [0.29, 0.717) is 23.3 Å². The molecule has 0 bridgehead atoms. The fourth-order valence-corrected chi connectivity index (χ4v) is 3.38. The quantitative estimate of drug-likeness (QED) is 0.178. The van der Waals surface area contributed by atoms with Crippen molar-refractivity contribution in [2.24, 2.45) is 0 Å². The second-order valence-electron chi connectivity index (χ2n) is 7.36. The maximum absolute atomic E-state index is 14.5. The summed E-state index contributed by atoms with van der Waals surface area (Å²) in [6.07, 6.45) is 0.721. The third kappa shape index (κ3) is 4.68. The standard InChI is InChI=1S/C27H17F5O/c1-2-11-33-20-14-22(28)25(23(29)15-20)18-8-5-16(6-9-18)3-4-17-7-10-21-19(12-17)13-24(30)27(32)26(21)31/h5-10,12-15H,2,11H2,1H3. The van der Waals surface area contributed by atoms with Crippen molar-refractivity contribution in [1.82, 2.24) is 0 Å². The number of hydrogen-bond donors (Lipinski definition) is 0. The second-order valence-corrected chi connectivity index (χ2v) is 7.36. The molecule has 0 heterocycles. The van der Waals surface area contributed by atoms with Gasteiger partial charge in [0.15, 0.2) is 17.5 Å². The molecule has 0 amide bonds. The summed E-state index contributed by atoms with van der Waals surface area (Å²) in [6, 6.07) is 13.8. The minimum Gasteiger partial charge on any atom is -0.493 e. The Labute approximate surface area is 187 Å². The van der Waals surface area contributed by atoms with Crippen LogP contribution in [0.1, 0.15) is 24.5 Å². The summed E-state index contributed by atoms with van der Waals surface area (Å²) in [6.45, 7) is 2.26. The number of hydrogen-bond acceptors (Lipinski definition) is 1. The molecule has 0 radical (unpaired) electrons. The van der Waals surface area contributed by atoms with Gasteiger partial charge in [-0.2, -0.15) is 0 Å². The average molecular weight is 452 g/mol. The summed E-state index contributed by atoms with van der Waals surface area (Å²) in [7, 11) is 0. The molecular formula is C27H17F5O. The molecule has 1 nitrogen and oxygen atoms in total. The Morgan fingerprint density at radius 2 is 1.33 bits per heavy atom. The molecule has 0 atom stereocenters. The van der Waals surface area contributed by atoms with E-state index in [-0.39, 0.29) is 22.1 Å². The number of rotatable bonds is 4. The van der Waals surface area contributed by atoms with Crippen LogP contribution in [-0.4, -0.2) is 6.61 Å². The highest BCUT2D eigenvalue weighted by molar-refractivity contribution is 5.84. The van der Waals surface area contributed by atoms with Crippen LogP contribution >= 0.6 is 0 Å². The van der Waals surface area contributed by atoms with Gasteiger partial charge in [0.25, 0.3) is 0 Å². The van der Waals surface area contributed by atoms with E-state index in [0.717, 1.165) is 24.6 Å². The van der Waals surface area contributed by atoms with E-state index in [1.165, 1.54) is 18.2 Å². The van der Waals surface area contributed by atoms with Crippen LogP contribution in [0.4, 0.5) is 22.0 Å². The highest BCUT2D eigenvalue weighted by Gasteiger charge is 2.15. The van der Waals surface area contributed by atoms with Crippen LogP contribution < -0.4 is 4.74 Å². The van der Waals surface area contributed by atoms with Gasteiger partial charge in [-0.1, -0.05) is 37.0 Å². The Morgan fingerprint density at radius 3 is 2.00 bits per heavy atom. The summed E-state index contributed by atoms with van der Waals surface area (Å²) in [4.78, 5) is 0. The summed E-state index contributed by atoms with van der Waals surface area (Å²) in [5, 5.41) is 0.143. The van der Waals surface area contributed by atoms with Gasteiger partial charge in [0, 0.05) is 28.6 Å². The molecule has 0 saturated heterocycles. The first-order chi connectivity index (χ1) is 15.9. The molecule has 0 aliphatic carbocycles. The first-order valence-electron chi connectivity index (χ1n) is 10.2. The van der Waals surface area contributed by atoms with Crippen LogP contribution in [0.2, 0.25) is 0 Å². The summed E-state index contributed by atoms with van der Waals surface area (Å²) in [5.74, 6) is 0.390. The maximum Gasteiger partial charge on any atom is 0.195 e. The molecular weight excluding hydrogens is 435 g/mol. The Hall–Kier alpha value is -3.85. The molecule has 0 aliphatic rings. The topological polar surface area (TPSA) is 9.23 Å². The number of ether oxygens (including phenoxy) is 1. The molecule has 4 rings (SSSR count). The highest BCUT2D eigenvalue weighted by Crippen LogP contribution is 2.30. The van der Waals surface area contributed by atoms with E-state index in [1.54, 1.807) is 24.3 Å². The van der Waals surface area contributed by atoms with Gasteiger partial charge < -0.3 is 4.74 Å². The van der Waals surface area contributed by atoms with Crippen molar-refractivity contribution < 1.29 is 26.7 Å². The van der Waals surface area contributed by atoms with Crippen LogP contribution in [0.25, 0.3) is 21.9 Å². The number of benzene rings is 4. The fourth-order valence-electron chi connectivity index (χ4n) is 3.38. The third-order valence-corrected chi connectivity index (χ3v) is 4.99. The molecule has 4 aromatic carbocycles. The third-order valence-electron chi connectivity index (χ3n) is 4.99. The lowest BCUT2D eigenvalue weighted by molar-refractivity contribution is 0.314. The van der Waals surface area contributed by atoms with Crippen molar-refractivity contribution in [3.05, 3.63) is 101 Å². The van der Waals surface area contributed by atoms with Crippen molar-refractivity contribution in [1.29, 1.82) is 0 Å². The van der Waals surface area contributed by atoms with Crippen LogP contribution in [-0.2, 0) is 0 Å². The summed E-state index contributed by atoms with van der Waals surface area (Å²) < 4.78 is 75.0. The average Bonchev–Trinajstić information content (AvgIpc) is 2.80. The van der Waals surface area contributed by atoms with Crippen LogP contribution in [0, 0.1) is 40.9 Å². The van der Waals surface area contributed by atoms with Crippen LogP contribution in [0.15, 0.2) is 60.7 Å². The van der Waals surface area contributed by atoms with E-state index >= 15 is 0 Å². The van der Waals surface area contributed by atoms with E-state index in [2.05, 4.69) is 11.8 Å². The second kappa shape index (κ2) is 9.33. The molecule has 0 unspecified atom stereocenters. The van der Waals surface area contributed by atoms with Gasteiger partial charge in [-0.25, -0.2) is 22.0 Å². The smallest absolute Gasteiger partial charge is 0.195 e. The van der Waals surface area contributed by atoms with E-state index < -0.39 is 29.1 Å². The Balaban J connectivity index is 1.59. The zero-order chi connectivity index (χ0) is 23.5. The van der Waals surface area contributed by atoms with Crippen molar-refractivity contribution in [2.45, 2.75) is 13.3 Å². The molecule has 33 heavy (non-hydrogen) atoms. The van der Waals surface area contributed by atoms with Gasteiger partial charge in [0.05, 0.1) is 12.2 Å². The lowest BCUT2D eigenvalue weighted by Crippen LogP contribution is -1.98. The number of halogens is 5. The van der Waals surface area contributed by atoms with Gasteiger partial charge in [0.1, 0.15) is 17.4 Å². The van der Waals surface area contributed by atoms with Gasteiger partial charge in [-0.05, 0) is 47.7 Å². The zero-order valence-electron chi connectivity index (χ0n) is 17.5. The predicted octanol–water partition coefficient (Wildman–Crippen LogP) is 7.39. The summed E-state index contributed by atoms with van der Waals surface area (Å²) >= 11 is 0. The molecule has 0 fully saturated rings. The van der Waals surface area contributed by atoms with Gasteiger partial charge in [-0.3, -0.25) is 0 Å². The van der Waals surface area contributed by atoms with E-state index in [4.69, 9.17) is 4.74 Å². The molecule has 0 aromatic heterocycles. The number of fused-ring (bicyclic) bond motifs is 1. The zero-order valence-corrected chi connectivity index (χ0v) is 17.5. The van der Waals surface area contributed by atoms with E-state index in [1.807, 2.05) is 6.92 Å². The maximum atomic E-state index is 14.5. The molecule has 0 saturated carbocycles. The Kier molecular flexibility index (Phi) is 6.32. The first kappa shape index (κ1) is 22.3. The predicted molar refractivity (Wildman–Crippen MR) is 117 cm³/mol. The lowest BCUT2D eigenvalue weighted by atomic mass is 10.0. The molecule has 0 spiro atoms. The Morgan fingerprint density at radius 1 is 0.697 bits per heavy atom. The minimum absolute atomic E-state index is 0.0426. The Bertz CT molecular complexity index is 1380. The van der Waals surface area contributed by atoms with Crippen molar-refractivity contribution in [3.8, 4) is 28.7 Å². The minimum atomic E-state index is -1.52. The van der Waals surface area contributed by atoms with Gasteiger partial charge >= 0.3 is 0 Å². The van der Waals surface area contributed by atoms with Crippen molar-refractivity contribution >= 4 is 10.8 Å². The largest absolute Gasteiger partial charge is 0.493 e. The fraction of sp³-hybridized carbons (Fsp3) is 0.111. The highest BCUT2D eigenvalue weighted by atomic mass is 19.2. The van der Waals surface area contributed by atoms with Crippen molar-refractivity contribution in [2.75, 3.05) is 6.61 Å². The van der Waals surface area contributed by atoms with Crippen LogP contribution in [0.3, 0.4) is 0 Å². The monoisotopic (exact) mass is 452 g/mol.